The van der Waals surface area contributed by atoms with Crippen molar-refractivity contribution in [1.29, 1.82) is 5.41 Å². The number of benzene rings is 1. The molecule has 2 heterocycles. The second-order valence-electron chi connectivity index (χ2n) is 5.94. The number of anilines is 3. The summed E-state index contributed by atoms with van der Waals surface area (Å²) in [5.74, 6) is 0.592. The number of hydrogen-bond donors (Lipinski definition) is 4. The summed E-state index contributed by atoms with van der Waals surface area (Å²) in [6, 6.07) is 9.96. The Kier molecular flexibility index (Phi) is 5.95. The van der Waals surface area contributed by atoms with Gasteiger partial charge in [0.1, 0.15) is 18.2 Å². The fourth-order valence-corrected chi connectivity index (χ4v) is 2.51. The molecular weight excluding hydrogens is 361 g/mol. The van der Waals surface area contributed by atoms with Crippen LogP contribution in [-0.2, 0) is 17.9 Å². The van der Waals surface area contributed by atoms with E-state index in [1.165, 1.54) is 17.0 Å². The molecule has 3 rings (SSSR count). The molecule has 144 valence electrons. The van der Waals surface area contributed by atoms with Crippen LogP contribution in [0.3, 0.4) is 0 Å². The molecule has 0 aliphatic carbocycles. The van der Waals surface area contributed by atoms with Crippen LogP contribution in [0.5, 0.6) is 0 Å². The van der Waals surface area contributed by atoms with Gasteiger partial charge in [-0.3, -0.25) is 9.48 Å². The Bertz CT molecular complexity index is 986. The Balaban J connectivity index is 1.72. The van der Waals surface area contributed by atoms with Gasteiger partial charge in [-0.15, -0.1) is 0 Å². The molecule has 2 aromatic heterocycles. The number of carbonyl (C=O) groups is 1. The Morgan fingerprint density at radius 1 is 1.29 bits per heavy atom. The largest absolute Gasteiger partial charge is 0.380 e. The van der Waals surface area contributed by atoms with Gasteiger partial charge in [0.05, 0.1) is 0 Å². The number of nitrogens with one attached hydrogen (secondary N) is 4. The van der Waals surface area contributed by atoms with Crippen molar-refractivity contribution >= 4 is 29.4 Å². The Hall–Kier alpha value is -3.75. The monoisotopic (exact) mass is 381 g/mol. The summed E-state index contributed by atoms with van der Waals surface area (Å²) in [4.78, 5) is 15.7. The standard InChI is InChI=1S/C19H20FN7O/c1-22-19(28)12-27-7-6-17(26-27)25-18-8-16(14(9-21)11-24-18)23-10-13-4-2-3-5-15(13)20/h2-9,11,21H,10,12H2,1H3,(H,22,28)(H2,23,24,25,26). The summed E-state index contributed by atoms with van der Waals surface area (Å²) in [5.41, 5.74) is 1.74. The van der Waals surface area contributed by atoms with Crippen LogP contribution in [0, 0.1) is 11.2 Å². The number of pyridine rings is 1. The zero-order valence-electron chi connectivity index (χ0n) is 15.2. The SMILES string of the molecule is CNC(=O)Cn1ccc(Nc2cc(NCc3ccccc3F)c(C=N)cn2)n1. The first-order valence-corrected chi connectivity index (χ1v) is 8.58. The number of hydrogen-bond acceptors (Lipinski definition) is 6. The Morgan fingerprint density at radius 2 is 2.11 bits per heavy atom. The lowest BCUT2D eigenvalue weighted by molar-refractivity contribution is -0.121. The van der Waals surface area contributed by atoms with Crippen LogP contribution in [-0.4, -0.2) is 33.9 Å². The van der Waals surface area contributed by atoms with Gasteiger partial charge in [-0.2, -0.15) is 5.10 Å². The van der Waals surface area contributed by atoms with E-state index in [0.29, 0.717) is 28.5 Å². The predicted octanol–water partition coefficient (Wildman–Crippen LogP) is 2.52. The van der Waals surface area contributed by atoms with Crippen molar-refractivity contribution in [1.82, 2.24) is 20.1 Å². The van der Waals surface area contributed by atoms with Crippen molar-refractivity contribution in [3.05, 3.63) is 65.7 Å². The third-order valence-electron chi connectivity index (χ3n) is 4.00. The normalized spacial score (nSPS) is 10.4. The molecule has 9 heteroatoms. The van der Waals surface area contributed by atoms with Crippen molar-refractivity contribution in [3.63, 3.8) is 0 Å². The van der Waals surface area contributed by atoms with Crippen LogP contribution in [0.15, 0.2) is 48.8 Å². The Morgan fingerprint density at radius 3 is 2.86 bits per heavy atom. The van der Waals surface area contributed by atoms with Crippen molar-refractivity contribution in [2.45, 2.75) is 13.1 Å². The van der Waals surface area contributed by atoms with E-state index in [0.717, 1.165) is 0 Å². The zero-order chi connectivity index (χ0) is 19.9. The fraction of sp³-hybridized carbons (Fsp3) is 0.158. The molecule has 0 spiro atoms. The first-order valence-electron chi connectivity index (χ1n) is 8.58. The molecular formula is C19H20FN7O. The second kappa shape index (κ2) is 8.76. The van der Waals surface area contributed by atoms with E-state index < -0.39 is 0 Å². The maximum Gasteiger partial charge on any atom is 0.241 e. The third-order valence-corrected chi connectivity index (χ3v) is 4.00. The number of carbonyl (C=O) groups excluding carboxylic acids is 1. The molecule has 0 saturated carbocycles. The lowest BCUT2D eigenvalue weighted by Crippen LogP contribution is -2.23. The molecule has 1 aromatic carbocycles. The lowest BCUT2D eigenvalue weighted by atomic mass is 10.2. The van der Waals surface area contributed by atoms with Crippen LogP contribution < -0.4 is 16.0 Å². The molecule has 28 heavy (non-hydrogen) atoms. The van der Waals surface area contributed by atoms with E-state index >= 15 is 0 Å². The van der Waals surface area contributed by atoms with Gasteiger partial charge in [-0.05, 0) is 6.07 Å². The summed E-state index contributed by atoms with van der Waals surface area (Å²) in [6.45, 7) is 0.394. The van der Waals surface area contributed by atoms with Crippen LogP contribution in [0.1, 0.15) is 11.1 Å². The molecule has 0 radical (unpaired) electrons. The summed E-state index contributed by atoms with van der Waals surface area (Å²) >= 11 is 0. The number of rotatable bonds is 8. The molecule has 0 saturated heterocycles. The summed E-state index contributed by atoms with van der Waals surface area (Å²) < 4.78 is 15.3. The lowest BCUT2D eigenvalue weighted by Gasteiger charge is -2.12. The van der Waals surface area contributed by atoms with E-state index in [-0.39, 0.29) is 24.8 Å². The summed E-state index contributed by atoms with van der Waals surface area (Å²) in [6.07, 6.45) is 4.40. The van der Waals surface area contributed by atoms with Crippen LogP contribution in [0.4, 0.5) is 21.7 Å². The molecule has 1 amide bonds. The third kappa shape index (κ3) is 4.70. The van der Waals surface area contributed by atoms with E-state index in [1.54, 1.807) is 49.8 Å². The molecule has 0 fully saturated rings. The highest BCUT2D eigenvalue weighted by Gasteiger charge is 2.08. The van der Waals surface area contributed by atoms with E-state index in [1.807, 2.05) is 0 Å². The van der Waals surface area contributed by atoms with Crippen molar-refractivity contribution in [2.24, 2.45) is 0 Å². The highest BCUT2D eigenvalue weighted by atomic mass is 19.1. The van der Waals surface area contributed by atoms with Gasteiger partial charge in [-0.1, -0.05) is 18.2 Å². The van der Waals surface area contributed by atoms with Crippen LogP contribution in [0.2, 0.25) is 0 Å². The first kappa shape index (κ1) is 19.0. The molecule has 3 aromatic rings. The average Bonchev–Trinajstić information content (AvgIpc) is 3.14. The van der Waals surface area contributed by atoms with Crippen molar-refractivity contribution < 1.29 is 9.18 Å². The average molecular weight is 381 g/mol. The van der Waals surface area contributed by atoms with E-state index in [2.05, 4.69) is 26.0 Å². The molecule has 0 unspecified atom stereocenters. The minimum Gasteiger partial charge on any atom is -0.380 e. The van der Waals surface area contributed by atoms with Gasteiger partial charge in [0.25, 0.3) is 0 Å². The van der Waals surface area contributed by atoms with Crippen LogP contribution in [0.25, 0.3) is 0 Å². The van der Waals surface area contributed by atoms with E-state index in [4.69, 9.17) is 5.41 Å². The second-order valence-corrected chi connectivity index (χ2v) is 5.94. The number of likely N-dealkylation sites (N-methyl/N-ethyl adjacent to an activating group) is 1. The molecule has 0 bridgehead atoms. The number of nitrogens with zero attached hydrogens (tertiary/aromatic N) is 3. The summed E-state index contributed by atoms with van der Waals surface area (Å²) in [7, 11) is 1.57. The van der Waals surface area contributed by atoms with Gasteiger partial charge in [-0.25, -0.2) is 9.37 Å². The van der Waals surface area contributed by atoms with Gasteiger partial charge >= 0.3 is 0 Å². The van der Waals surface area contributed by atoms with E-state index in [9.17, 15) is 9.18 Å². The smallest absolute Gasteiger partial charge is 0.241 e. The maximum absolute atomic E-state index is 13.8. The van der Waals surface area contributed by atoms with Gasteiger partial charge in [0.2, 0.25) is 5.91 Å². The molecule has 0 atom stereocenters. The molecule has 4 N–H and O–H groups in total. The topological polar surface area (TPSA) is 108 Å². The zero-order valence-corrected chi connectivity index (χ0v) is 15.2. The minimum absolute atomic E-state index is 0.119. The minimum atomic E-state index is -0.291. The summed E-state index contributed by atoms with van der Waals surface area (Å²) in [5, 5.41) is 20.5. The number of amides is 1. The molecule has 8 nitrogen and oxygen atoms in total. The number of aromatic nitrogens is 3. The highest BCUT2D eigenvalue weighted by Crippen LogP contribution is 2.21. The molecule has 0 aliphatic heterocycles. The van der Waals surface area contributed by atoms with Crippen LogP contribution >= 0.6 is 0 Å². The Labute approximate surface area is 161 Å². The fourth-order valence-electron chi connectivity index (χ4n) is 2.51. The van der Waals surface area contributed by atoms with Crippen molar-refractivity contribution in [2.75, 3.05) is 17.7 Å². The predicted molar refractivity (Wildman–Crippen MR) is 105 cm³/mol. The van der Waals surface area contributed by atoms with Crippen molar-refractivity contribution in [3.8, 4) is 0 Å². The maximum atomic E-state index is 13.8. The first-order chi connectivity index (χ1) is 13.6. The van der Waals surface area contributed by atoms with Gasteiger partial charge in [0.15, 0.2) is 5.82 Å². The quantitative estimate of drug-likeness (QED) is 0.449. The number of halogens is 1. The van der Waals surface area contributed by atoms with Gasteiger partial charge in [0, 0.05) is 61.1 Å². The van der Waals surface area contributed by atoms with Gasteiger partial charge < -0.3 is 21.4 Å². The molecule has 0 aliphatic rings. The highest BCUT2D eigenvalue weighted by molar-refractivity contribution is 5.86.